The molecular formula is C22H24N4O2. The molecule has 0 aliphatic carbocycles. The summed E-state index contributed by atoms with van der Waals surface area (Å²) in [5.74, 6) is 0.346. The number of para-hydroxylation sites is 1. The lowest BCUT2D eigenvalue weighted by molar-refractivity contribution is 0.0976. The smallest absolute Gasteiger partial charge is 0.282 e. The molecule has 2 heterocycles. The Hall–Kier alpha value is -3.28. The van der Waals surface area contributed by atoms with Crippen molar-refractivity contribution in [1.29, 1.82) is 0 Å². The van der Waals surface area contributed by atoms with Gasteiger partial charge >= 0.3 is 0 Å². The zero-order chi connectivity index (χ0) is 19.5. The summed E-state index contributed by atoms with van der Waals surface area (Å²) in [6.07, 6.45) is 4.39. The normalized spacial score (nSPS) is 13.2. The highest BCUT2D eigenvalue weighted by Crippen LogP contribution is 2.33. The number of carbonyl (C=O) groups excluding carboxylic acids is 1. The van der Waals surface area contributed by atoms with Gasteiger partial charge in [0.1, 0.15) is 0 Å². The molecule has 28 heavy (non-hydrogen) atoms. The fourth-order valence-corrected chi connectivity index (χ4v) is 3.53. The highest BCUT2D eigenvalue weighted by molar-refractivity contribution is 6.07. The number of aromatic nitrogens is 2. The van der Waals surface area contributed by atoms with Gasteiger partial charge in [-0.05, 0) is 49.1 Å². The summed E-state index contributed by atoms with van der Waals surface area (Å²) in [6, 6.07) is 15.4. The standard InChI is InChI=1S/C22H24N4O2/c1-2-14-28-20-15-26(16-8-4-3-5-9-16)24-21(20)22(27)25-13-7-10-17-18(23)11-6-12-19(17)25/h3-6,8-9,11-12,15H,2,7,10,13-14,23H2,1H3. The van der Waals surface area contributed by atoms with E-state index in [0.29, 0.717) is 24.6 Å². The van der Waals surface area contributed by atoms with Crippen LogP contribution in [0.2, 0.25) is 0 Å². The zero-order valence-electron chi connectivity index (χ0n) is 16.0. The molecule has 1 aliphatic heterocycles. The van der Waals surface area contributed by atoms with E-state index >= 15 is 0 Å². The van der Waals surface area contributed by atoms with Gasteiger partial charge in [-0.25, -0.2) is 4.68 Å². The summed E-state index contributed by atoms with van der Waals surface area (Å²) in [5, 5.41) is 4.57. The number of ether oxygens (including phenoxy) is 1. The maximum atomic E-state index is 13.4. The Labute approximate surface area is 164 Å². The predicted octanol–water partition coefficient (Wildman–Crippen LogP) is 3.84. The zero-order valence-corrected chi connectivity index (χ0v) is 16.0. The minimum Gasteiger partial charge on any atom is -0.489 e. The Morgan fingerprint density at radius 1 is 1.18 bits per heavy atom. The molecule has 0 unspecified atom stereocenters. The third-order valence-corrected chi connectivity index (χ3v) is 4.90. The maximum absolute atomic E-state index is 13.4. The molecule has 144 valence electrons. The third kappa shape index (κ3) is 3.33. The van der Waals surface area contributed by atoms with Crippen LogP contribution in [0.15, 0.2) is 54.7 Å². The number of benzene rings is 2. The topological polar surface area (TPSA) is 73.4 Å². The molecule has 0 spiro atoms. The van der Waals surface area contributed by atoms with E-state index in [2.05, 4.69) is 5.10 Å². The molecule has 0 bridgehead atoms. The number of amides is 1. The molecule has 0 fully saturated rings. The average molecular weight is 376 g/mol. The van der Waals surface area contributed by atoms with Crippen LogP contribution in [-0.2, 0) is 6.42 Å². The molecule has 6 nitrogen and oxygen atoms in total. The second-order valence-electron chi connectivity index (χ2n) is 6.88. The number of anilines is 2. The maximum Gasteiger partial charge on any atom is 0.282 e. The van der Waals surface area contributed by atoms with E-state index < -0.39 is 0 Å². The van der Waals surface area contributed by atoms with Crippen molar-refractivity contribution in [3.05, 3.63) is 66.0 Å². The third-order valence-electron chi connectivity index (χ3n) is 4.90. The highest BCUT2D eigenvalue weighted by atomic mass is 16.5. The second-order valence-corrected chi connectivity index (χ2v) is 6.88. The van der Waals surface area contributed by atoms with Crippen LogP contribution in [0.5, 0.6) is 5.75 Å². The molecule has 0 radical (unpaired) electrons. The van der Waals surface area contributed by atoms with Gasteiger partial charge in [0.15, 0.2) is 11.4 Å². The van der Waals surface area contributed by atoms with Crippen LogP contribution >= 0.6 is 0 Å². The molecule has 0 atom stereocenters. The lowest BCUT2D eigenvalue weighted by Gasteiger charge is -2.29. The predicted molar refractivity (Wildman–Crippen MR) is 110 cm³/mol. The quantitative estimate of drug-likeness (QED) is 0.687. The molecular weight excluding hydrogens is 352 g/mol. The van der Waals surface area contributed by atoms with E-state index in [1.807, 2.05) is 55.5 Å². The number of nitrogens with zero attached hydrogens (tertiary/aromatic N) is 3. The van der Waals surface area contributed by atoms with Gasteiger partial charge < -0.3 is 15.4 Å². The molecule has 0 saturated carbocycles. The minimum absolute atomic E-state index is 0.160. The van der Waals surface area contributed by atoms with Crippen molar-refractivity contribution in [2.75, 3.05) is 23.8 Å². The summed E-state index contributed by atoms with van der Waals surface area (Å²) in [5.41, 5.74) is 9.97. The summed E-state index contributed by atoms with van der Waals surface area (Å²) in [6.45, 7) is 3.21. The fourth-order valence-electron chi connectivity index (χ4n) is 3.53. The van der Waals surface area contributed by atoms with Gasteiger partial charge in [-0.3, -0.25) is 4.79 Å². The number of fused-ring (bicyclic) bond motifs is 1. The monoisotopic (exact) mass is 376 g/mol. The molecule has 2 N–H and O–H groups in total. The Morgan fingerprint density at radius 2 is 2.00 bits per heavy atom. The van der Waals surface area contributed by atoms with Crippen LogP contribution in [0.25, 0.3) is 5.69 Å². The van der Waals surface area contributed by atoms with Crippen molar-refractivity contribution in [1.82, 2.24) is 9.78 Å². The van der Waals surface area contributed by atoms with E-state index in [1.54, 1.807) is 15.8 Å². The van der Waals surface area contributed by atoms with Crippen molar-refractivity contribution in [3.63, 3.8) is 0 Å². The number of nitrogens with two attached hydrogens (primary N) is 1. The molecule has 2 aromatic carbocycles. The number of rotatable bonds is 5. The molecule has 4 rings (SSSR count). The van der Waals surface area contributed by atoms with Gasteiger partial charge in [-0.15, -0.1) is 0 Å². The van der Waals surface area contributed by atoms with E-state index in [0.717, 1.165) is 41.9 Å². The first-order valence-electron chi connectivity index (χ1n) is 9.66. The lowest BCUT2D eigenvalue weighted by atomic mass is 9.99. The number of hydrogen-bond donors (Lipinski definition) is 1. The first kappa shape index (κ1) is 18.1. The first-order valence-corrected chi connectivity index (χ1v) is 9.66. The van der Waals surface area contributed by atoms with Gasteiger partial charge in [0, 0.05) is 17.9 Å². The minimum atomic E-state index is -0.160. The van der Waals surface area contributed by atoms with Crippen molar-refractivity contribution in [2.24, 2.45) is 0 Å². The SMILES string of the molecule is CCCOc1cn(-c2ccccc2)nc1C(=O)N1CCCc2c(N)cccc21. The lowest BCUT2D eigenvalue weighted by Crippen LogP contribution is -2.36. The average Bonchev–Trinajstić information content (AvgIpc) is 3.16. The summed E-state index contributed by atoms with van der Waals surface area (Å²) in [4.78, 5) is 15.2. The number of hydrogen-bond acceptors (Lipinski definition) is 4. The highest BCUT2D eigenvalue weighted by Gasteiger charge is 2.29. The molecule has 3 aromatic rings. The van der Waals surface area contributed by atoms with E-state index in [1.165, 1.54) is 0 Å². The second kappa shape index (κ2) is 7.76. The van der Waals surface area contributed by atoms with E-state index in [9.17, 15) is 4.79 Å². The summed E-state index contributed by atoms with van der Waals surface area (Å²) >= 11 is 0. The van der Waals surface area contributed by atoms with Crippen molar-refractivity contribution in [2.45, 2.75) is 26.2 Å². The molecule has 1 aromatic heterocycles. The van der Waals surface area contributed by atoms with Gasteiger partial charge in [0.25, 0.3) is 5.91 Å². The first-order chi connectivity index (χ1) is 13.7. The van der Waals surface area contributed by atoms with Crippen molar-refractivity contribution in [3.8, 4) is 11.4 Å². The van der Waals surface area contributed by atoms with Crippen LogP contribution in [0, 0.1) is 0 Å². The van der Waals surface area contributed by atoms with Crippen LogP contribution in [0.1, 0.15) is 35.8 Å². The number of carbonyl (C=O) groups is 1. The van der Waals surface area contributed by atoms with Crippen LogP contribution < -0.4 is 15.4 Å². The molecule has 0 saturated heterocycles. The largest absolute Gasteiger partial charge is 0.489 e. The van der Waals surface area contributed by atoms with Gasteiger partial charge in [-0.1, -0.05) is 31.2 Å². The van der Waals surface area contributed by atoms with E-state index in [-0.39, 0.29) is 5.91 Å². The Morgan fingerprint density at radius 3 is 2.79 bits per heavy atom. The molecule has 1 amide bonds. The Bertz CT molecular complexity index is 981. The summed E-state index contributed by atoms with van der Waals surface area (Å²) in [7, 11) is 0. The fraction of sp³-hybridized carbons (Fsp3) is 0.273. The van der Waals surface area contributed by atoms with Gasteiger partial charge in [-0.2, -0.15) is 5.10 Å². The van der Waals surface area contributed by atoms with Crippen molar-refractivity contribution >= 4 is 17.3 Å². The summed E-state index contributed by atoms with van der Waals surface area (Å²) < 4.78 is 7.55. The van der Waals surface area contributed by atoms with Crippen LogP contribution in [0.4, 0.5) is 11.4 Å². The molecule has 6 heteroatoms. The van der Waals surface area contributed by atoms with Crippen LogP contribution in [0.3, 0.4) is 0 Å². The van der Waals surface area contributed by atoms with Gasteiger partial charge in [0.2, 0.25) is 0 Å². The molecule has 1 aliphatic rings. The number of nitrogen functional groups attached to an aromatic ring is 1. The van der Waals surface area contributed by atoms with Crippen molar-refractivity contribution < 1.29 is 9.53 Å². The van der Waals surface area contributed by atoms with E-state index in [4.69, 9.17) is 10.5 Å². The Kier molecular flexibility index (Phi) is 5.02. The Balaban J connectivity index is 1.73. The van der Waals surface area contributed by atoms with Gasteiger partial charge in [0.05, 0.1) is 18.5 Å². The van der Waals surface area contributed by atoms with Crippen LogP contribution in [-0.4, -0.2) is 28.8 Å².